The van der Waals surface area contributed by atoms with Gasteiger partial charge in [-0.2, -0.15) is 0 Å². The maximum Gasteiger partial charge on any atom is 0.0453 e. The van der Waals surface area contributed by atoms with Gasteiger partial charge in [0.2, 0.25) is 0 Å². The summed E-state index contributed by atoms with van der Waals surface area (Å²) in [6, 6.07) is 18.8. The van der Waals surface area contributed by atoms with Gasteiger partial charge in [0.25, 0.3) is 0 Å². The number of benzene rings is 2. The molecule has 0 unspecified atom stereocenters. The Kier molecular flexibility index (Phi) is 4.20. The SMILES string of the molecule is CC[C@@H](C#Cc1ccccc1)c1cccc(C)c1. The molecule has 2 aromatic carbocycles. The highest BCUT2D eigenvalue weighted by Gasteiger charge is 2.05. The fourth-order valence-corrected chi connectivity index (χ4v) is 2.00. The predicted octanol–water partition coefficient (Wildman–Crippen LogP) is 4.54. The van der Waals surface area contributed by atoms with Crippen molar-refractivity contribution in [3.05, 3.63) is 71.3 Å². The first-order valence-corrected chi connectivity index (χ1v) is 6.42. The van der Waals surface area contributed by atoms with Gasteiger partial charge in [-0.1, -0.05) is 66.8 Å². The first-order valence-electron chi connectivity index (χ1n) is 6.42. The van der Waals surface area contributed by atoms with Crippen molar-refractivity contribution in [2.24, 2.45) is 0 Å². The quantitative estimate of drug-likeness (QED) is 0.669. The lowest BCUT2D eigenvalue weighted by Crippen LogP contribution is -1.94. The Bertz CT molecular complexity index is 555. The molecule has 90 valence electrons. The van der Waals surface area contributed by atoms with Crippen LogP contribution in [-0.4, -0.2) is 0 Å². The molecule has 0 aliphatic heterocycles. The van der Waals surface area contributed by atoms with Crippen LogP contribution < -0.4 is 0 Å². The third-order valence-corrected chi connectivity index (χ3v) is 3.02. The molecule has 0 radical (unpaired) electrons. The molecule has 0 spiro atoms. The van der Waals surface area contributed by atoms with Gasteiger partial charge in [-0.3, -0.25) is 0 Å². The van der Waals surface area contributed by atoms with Crippen LogP contribution in [0.15, 0.2) is 54.6 Å². The summed E-state index contributed by atoms with van der Waals surface area (Å²) in [6.07, 6.45) is 1.04. The van der Waals surface area contributed by atoms with E-state index < -0.39 is 0 Å². The van der Waals surface area contributed by atoms with E-state index in [4.69, 9.17) is 0 Å². The molecule has 0 aromatic heterocycles. The number of aryl methyl sites for hydroxylation is 1. The molecule has 0 nitrogen and oxygen atoms in total. The van der Waals surface area contributed by atoms with Crippen LogP contribution in [0.2, 0.25) is 0 Å². The Morgan fingerprint density at radius 3 is 2.44 bits per heavy atom. The number of hydrogen-bond acceptors (Lipinski definition) is 0. The van der Waals surface area contributed by atoms with Crippen LogP contribution in [0.3, 0.4) is 0 Å². The van der Waals surface area contributed by atoms with E-state index in [0.717, 1.165) is 12.0 Å². The van der Waals surface area contributed by atoms with Gasteiger partial charge in [0.1, 0.15) is 0 Å². The van der Waals surface area contributed by atoms with Crippen molar-refractivity contribution in [3.63, 3.8) is 0 Å². The van der Waals surface area contributed by atoms with Gasteiger partial charge in [-0.15, -0.1) is 0 Å². The molecule has 0 N–H and O–H groups in total. The van der Waals surface area contributed by atoms with Gasteiger partial charge in [0.15, 0.2) is 0 Å². The Balaban J connectivity index is 2.23. The first-order chi connectivity index (χ1) is 8.79. The van der Waals surface area contributed by atoms with E-state index in [9.17, 15) is 0 Å². The smallest absolute Gasteiger partial charge is 0.0453 e. The van der Waals surface area contributed by atoms with Gasteiger partial charge in [0, 0.05) is 11.5 Å². The molecule has 0 fully saturated rings. The van der Waals surface area contributed by atoms with Crippen molar-refractivity contribution in [3.8, 4) is 11.8 Å². The molecular weight excluding hydrogens is 216 g/mol. The lowest BCUT2D eigenvalue weighted by atomic mass is 9.95. The van der Waals surface area contributed by atoms with Crippen molar-refractivity contribution in [1.82, 2.24) is 0 Å². The highest BCUT2D eigenvalue weighted by Crippen LogP contribution is 2.19. The van der Waals surface area contributed by atoms with Crippen LogP contribution in [0.1, 0.15) is 36.0 Å². The summed E-state index contributed by atoms with van der Waals surface area (Å²) in [5.41, 5.74) is 3.71. The minimum Gasteiger partial charge on any atom is -0.0897 e. The zero-order valence-corrected chi connectivity index (χ0v) is 11.0. The third-order valence-electron chi connectivity index (χ3n) is 3.02. The molecular formula is C18H18. The van der Waals surface area contributed by atoms with Crippen LogP contribution in [0, 0.1) is 18.8 Å². The molecule has 0 aliphatic carbocycles. The Morgan fingerprint density at radius 2 is 1.78 bits per heavy atom. The van der Waals surface area contributed by atoms with Crippen molar-refractivity contribution >= 4 is 0 Å². The fourth-order valence-electron chi connectivity index (χ4n) is 2.00. The summed E-state index contributed by atoms with van der Waals surface area (Å²) < 4.78 is 0. The van der Waals surface area contributed by atoms with Crippen molar-refractivity contribution in [1.29, 1.82) is 0 Å². The zero-order valence-electron chi connectivity index (χ0n) is 11.0. The van der Waals surface area contributed by atoms with Crippen LogP contribution in [0.25, 0.3) is 0 Å². The van der Waals surface area contributed by atoms with Crippen LogP contribution in [0.5, 0.6) is 0 Å². The van der Waals surface area contributed by atoms with E-state index in [2.05, 4.69) is 62.1 Å². The number of rotatable bonds is 2. The summed E-state index contributed by atoms with van der Waals surface area (Å²) in [5.74, 6) is 6.97. The molecule has 0 heterocycles. The molecule has 0 aliphatic rings. The maximum absolute atomic E-state index is 3.38. The lowest BCUT2D eigenvalue weighted by molar-refractivity contribution is 0.829. The second-order valence-electron chi connectivity index (χ2n) is 4.51. The normalized spacial score (nSPS) is 11.4. The second-order valence-corrected chi connectivity index (χ2v) is 4.51. The van der Waals surface area contributed by atoms with Gasteiger partial charge >= 0.3 is 0 Å². The van der Waals surface area contributed by atoms with E-state index in [0.29, 0.717) is 5.92 Å². The largest absolute Gasteiger partial charge is 0.0897 e. The fraction of sp³-hybridized carbons (Fsp3) is 0.222. The lowest BCUT2D eigenvalue weighted by Gasteiger charge is -2.08. The molecule has 0 amide bonds. The average Bonchev–Trinajstić information content (AvgIpc) is 2.41. The molecule has 2 aromatic rings. The summed E-state index contributed by atoms with van der Waals surface area (Å²) in [5, 5.41) is 0. The summed E-state index contributed by atoms with van der Waals surface area (Å²) in [7, 11) is 0. The molecule has 2 rings (SSSR count). The molecule has 0 saturated heterocycles. The molecule has 0 bridgehead atoms. The highest BCUT2D eigenvalue weighted by molar-refractivity contribution is 5.38. The standard InChI is InChI=1S/C18H18/c1-3-17(18-11-7-8-15(2)14-18)13-12-16-9-5-4-6-10-16/h4-11,14,17H,3H2,1-2H3/t17-/m0/s1. The maximum atomic E-state index is 3.38. The molecule has 1 atom stereocenters. The molecule has 0 heteroatoms. The topological polar surface area (TPSA) is 0 Å². The zero-order chi connectivity index (χ0) is 12.8. The van der Waals surface area contributed by atoms with E-state index in [1.807, 2.05) is 18.2 Å². The monoisotopic (exact) mass is 234 g/mol. The Labute approximate surface area is 110 Å². The van der Waals surface area contributed by atoms with E-state index in [1.165, 1.54) is 11.1 Å². The van der Waals surface area contributed by atoms with Crippen molar-refractivity contribution in [2.45, 2.75) is 26.2 Å². The summed E-state index contributed by atoms with van der Waals surface area (Å²) in [4.78, 5) is 0. The second kappa shape index (κ2) is 6.07. The van der Waals surface area contributed by atoms with Crippen LogP contribution >= 0.6 is 0 Å². The summed E-state index contributed by atoms with van der Waals surface area (Å²) >= 11 is 0. The minimum atomic E-state index is 0.324. The average molecular weight is 234 g/mol. The van der Waals surface area contributed by atoms with Crippen LogP contribution in [-0.2, 0) is 0 Å². The Morgan fingerprint density at radius 1 is 1.00 bits per heavy atom. The molecule has 18 heavy (non-hydrogen) atoms. The van der Waals surface area contributed by atoms with Crippen molar-refractivity contribution < 1.29 is 0 Å². The minimum absolute atomic E-state index is 0.324. The first kappa shape index (κ1) is 12.5. The van der Waals surface area contributed by atoms with Gasteiger partial charge in [-0.25, -0.2) is 0 Å². The van der Waals surface area contributed by atoms with Crippen molar-refractivity contribution in [2.75, 3.05) is 0 Å². The van der Waals surface area contributed by atoms with Gasteiger partial charge in [-0.05, 0) is 31.0 Å². The van der Waals surface area contributed by atoms with Gasteiger partial charge in [0.05, 0.1) is 0 Å². The Hall–Kier alpha value is -2.00. The summed E-state index contributed by atoms with van der Waals surface area (Å²) in [6.45, 7) is 4.31. The number of hydrogen-bond donors (Lipinski definition) is 0. The molecule has 0 saturated carbocycles. The van der Waals surface area contributed by atoms with E-state index in [1.54, 1.807) is 0 Å². The van der Waals surface area contributed by atoms with Crippen LogP contribution in [0.4, 0.5) is 0 Å². The third kappa shape index (κ3) is 3.25. The van der Waals surface area contributed by atoms with Gasteiger partial charge < -0.3 is 0 Å². The van der Waals surface area contributed by atoms with E-state index in [-0.39, 0.29) is 0 Å². The highest BCUT2D eigenvalue weighted by atomic mass is 14.1. The predicted molar refractivity (Wildman–Crippen MR) is 77.5 cm³/mol. The van der Waals surface area contributed by atoms with E-state index >= 15 is 0 Å².